The summed E-state index contributed by atoms with van der Waals surface area (Å²) in [5, 5.41) is 13.1. The fraction of sp³-hybridized carbons (Fsp3) is 0.0952. The van der Waals surface area contributed by atoms with Gasteiger partial charge in [-0.2, -0.15) is 0 Å². The summed E-state index contributed by atoms with van der Waals surface area (Å²) in [6.45, 7) is -0.00331. The summed E-state index contributed by atoms with van der Waals surface area (Å²) >= 11 is 1.06. The first-order chi connectivity index (χ1) is 15.2. The van der Waals surface area contributed by atoms with E-state index in [1.54, 1.807) is 0 Å². The normalized spacial score (nSPS) is 11.6. The Balaban J connectivity index is 1.82. The quantitative estimate of drug-likeness (QED) is 0.460. The third-order valence-electron chi connectivity index (χ3n) is 4.73. The molecule has 0 saturated heterocycles. The first-order valence-electron chi connectivity index (χ1n) is 9.21. The molecule has 4 rings (SSSR count). The maximum Gasteiger partial charge on any atom is 0.273 e. The molecular formula is C21H16FN3O5S2. The van der Waals surface area contributed by atoms with Crippen LogP contribution in [-0.2, 0) is 16.4 Å². The molecule has 0 bridgehead atoms. The van der Waals surface area contributed by atoms with Crippen LogP contribution in [0.15, 0.2) is 63.7 Å². The molecule has 0 saturated carbocycles. The van der Waals surface area contributed by atoms with Crippen molar-refractivity contribution < 1.29 is 22.7 Å². The molecule has 0 unspecified atom stereocenters. The van der Waals surface area contributed by atoms with Gasteiger partial charge >= 0.3 is 0 Å². The Bertz CT molecular complexity index is 1510. The summed E-state index contributed by atoms with van der Waals surface area (Å²) in [6.07, 6.45) is 1.04. The first kappa shape index (κ1) is 21.7. The molecule has 0 radical (unpaired) electrons. The summed E-state index contributed by atoms with van der Waals surface area (Å²) in [6, 6.07) is 11.1. The van der Waals surface area contributed by atoms with Crippen molar-refractivity contribution in [1.82, 2.24) is 14.9 Å². The summed E-state index contributed by atoms with van der Waals surface area (Å²) in [5.74, 6) is -1.84. The third kappa shape index (κ3) is 3.99. The van der Waals surface area contributed by atoms with E-state index in [0.29, 0.717) is 5.56 Å². The Labute approximate surface area is 185 Å². The molecular weight excluding hydrogens is 457 g/mol. The van der Waals surface area contributed by atoms with Gasteiger partial charge in [-0.3, -0.25) is 14.2 Å². The second-order valence-electron chi connectivity index (χ2n) is 6.95. The Morgan fingerprint density at radius 3 is 2.62 bits per heavy atom. The molecule has 0 aliphatic carbocycles. The molecule has 2 aromatic heterocycles. The molecule has 0 atom stereocenters. The number of sulfone groups is 1. The predicted octanol–water partition coefficient (Wildman–Crippen LogP) is 2.63. The van der Waals surface area contributed by atoms with Gasteiger partial charge in [0.25, 0.3) is 11.5 Å². The molecule has 2 heterocycles. The van der Waals surface area contributed by atoms with Gasteiger partial charge in [-0.1, -0.05) is 18.2 Å². The predicted molar refractivity (Wildman–Crippen MR) is 118 cm³/mol. The van der Waals surface area contributed by atoms with Crippen LogP contribution < -0.4 is 10.9 Å². The van der Waals surface area contributed by atoms with Crippen molar-refractivity contribution >= 4 is 37.4 Å². The van der Waals surface area contributed by atoms with Crippen molar-refractivity contribution in [2.24, 2.45) is 0 Å². The smallest absolute Gasteiger partial charge is 0.273 e. The average Bonchev–Trinajstić information content (AvgIpc) is 3.23. The lowest BCUT2D eigenvalue weighted by molar-refractivity contribution is 0.0946. The fourth-order valence-electron chi connectivity index (χ4n) is 3.15. The maximum atomic E-state index is 13.3. The zero-order chi connectivity index (χ0) is 23.0. The number of carbonyl (C=O) groups is 1. The van der Waals surface area contributed by atoms with Crippen LogP contribution in [0.1, 0.15) is 15.9 Å². The highest BCUT2D eigenvalue weighted by molar-refractivity contribution is 7.90. The van der Waals surface area contributed by atoms with Crippen LogP contribution >= 0.6 is 11.3 Å². The van der Waals surface area contributed by atoms with E-state index >= 15 is 0 Å². The van der Waals surface area contributed by atoms with Crippen LogP contribution in [0.2, 0.25) is 0 Å². The molecule has 11 heteroatoms. The van der Waals surface area contributed by atoms with E-state index in [1.165, 1.54) is 54.0 Å². The summed E-state index contributed by atoms with van der Waals surface area (Å²) < 4.78 is 38.1. The zero-order valence-electron chi connectivity index (χ0n) is 16.6. The van der Waals surface area contributed by atoms with Gasteiger partial charge in [-0.05, 0) is 35.9 Å². The molecule has 0 aliphatic rings. The standard InChI is InChI=1S/C21H16FN3O5S2/c1-32(29,30)15-4-2-3-14(9-15)25-20(28)16(18(26)17-21(25)31-11-24-17)19(27)23-10-12-5-7-13(22)8-6-12/h2-9,11,26H,10H2,1H3,(H,23,27). The lowest BCUT2D eigenvalue weighted by Gasteiger charge is -2.13. The Morgan fingerprint density at radius 2 is 1.94 bits per heavy atom. The van der Waals surface area contributed by atoms with Gasteiger partial charge in [0, 0.05) is 12.8 Å². The first-order valence-corrected chi connectivity index (χ1v) is 12.0. The monoisotopic (exact) mass is 473 g/mol. The van der Waals surface area contributed by atoms with Crippen molar-refractivity contribution in [2.45, 2.75) is 11.4 Å². The van der Waals surface area contributed by atoms with E-state index in [9.17, 15) is 27.5 Å². The highest BCUT2D eigenvalue weighted by atomic mass is 32.2. The minimum Gasteiger partial charge on any atom is -0.505 e. The number of hydrogen-bond donors (Lipinski definition) is 2. The lowest BCUT2D eigenvalue weighted by atomic mass is 10.2. The van der Waals surface area contributed by atoms with Crippen LogP contribution in [0.3, 0.4) is 0 Å². The molecule has 2 N–H and O–H groups in total. The summed E-state index contributed by atoms with van der Waals surface area (Å²) in [4.78, 5) is 30.4. The van der Waals surface area contributed by atoms with Crippen LogP contribution in [0.5, 0.6) is 5.75 Å². The molecule has 164 valence electrons. The van der Waals surface area contributed by atoms with Crippen molar-refractivity contribution in [2.75, 3.05) is 6.26 Å². The van der Waals surface area contributed by atoms with Gasteiger partial charge in [0.15, 0.2) is 15.6 Å². The van der Waals surface area contributed by atoms with Crippen molar-refractivity contribution in [1.29, 1.82) is 0 Å². The van der Waals surface area contributed by atoms with E-state index in [0.717, 1.165) is 22.2 Å². The second kappa shape index (κ2) is 8.17. The molecule has 2 aromatic carbocycles. The number of aromatic nitrogens is 2. The van der Waals surface area contributed by atoms with Gasteiger partial charge in [0.05, 0.1) is 16.1 Å². The SMILES string of the molecule is CS(=O)(=O)c1cccc(-n2c(=O)c(C(=O)NCc3ccc(F)cc3)c(O)c3ncsc32)c1. The number of pyridine rings is 1. The number of benzene rings is 2. The molecule has 8 nitrogen and oxygen atoms in total. The van der Waals surface area contributed by atoms with Crippen molar-refractivity contribution in [3.63, 3.8) is 0 Å². The average molecular weight is 474 g/mol. The lowest BCUT2D eigenvalue weighted by Crippen LogP contribution is -2.32. The number of aromatic hydroxyl groups is 1. The number of nitrogens with one attached hydrogen (secondary N) is 1. The number of rotatable bonds is 5. The van der Waals surface area contributed by atoms with Crippen LogP contribution in [-0.4, -0.2) is 35.2 Å². The van der Waals surface area contributed by atoms with E-state index in [1.807, 2.05) is 0 Å². The number of thiazole rings is 1. The number of hydrogen-bond acceptors (Lipinski definition) is 7. The highest BCUT2D eigenvalue weighted by Gasteiger charge is 2.25. The van der Waals surface area contributed by atoms with Crippen molar-refractivity contribution in [3.05, 3.63) is 81.3 Å². The minimum absolute atomic E-state index is 0.00331. The van der Waals surface area contributed by atoms with Crippen molar-refractivity contribution in [3.8, 4) is 11.4 Å². The van der Waals surface area contributed by atoms with E-state index in [2.05, 4.69) is 10.3 Å². The number of carbonyl (C=O) groups excluding carboxylic acids is 1. The van der Waals surface area contributed by atoms with Crippen LogP contribution in [0, 0.1) is 5.82 Å². The molecule has 0 spiro atoms. The van der Waals surface area contributed by atoms with Gasteiger partial charge in [0.2, 0.25) is 0 Å². The maximum absolute atomic E-state index is 13.3. The van der Waals surface area contributed by atoms with Crippen LogP contribution in [0.4, 0.5) is 4.39 Å². The second-order valence-corrected chi connectivity index (χ2v) is 9.80. The number of halogens is 1. The van der Waals surface area contributed by atoms with E-state index in [4.69, 9.17) is 0 Å². The van der Waals surface area contributed by atoms with Gasteiger partial charge in [0.1, 0.15) is 21.7 Å². The van der Waals surface area contributed by atoms with E-state index < -0.39 is 38.4 Å². The Kier molecular flexibility index (Phi) is 5.53. The van der Waals surface area contributed by atoms with E-state index in [-0.39, 0.29) is 27.5 Å². The Hall–Kier alpha value is -3.57. The number of nitrogens with zero attached hydrogens (tertiary/aromatic N) is 2. The molecule has 32 heavy (non-hydrogen) atoms. The summed E-state index contributed by atoms with van der Waals surface area (Å²) in [7, 11) is -3.55. The highest BCUT2D eigenvalue weighted by Crippen LogP contribution is 2.30. The van der Waals surface area contributed by atoms with Gasteiger partial charge in [-0.25, -0.2) is 17.8 Å². The molecule has 0 aliphatic heterocycles. The van der Waals surface area contributed by atoms with Gasteiger partial charge in [-0.15, -0.1) is 11.3 Å². The summed E-state index contributed by atoms with van der Waals surface area (Å²) in [5.41, 5.74) is 0.874. The molecule has 1 amide bonds. The van der Waals surface area contributed by atoms with Crippen LogP contribution in [0.25, 0.3) is 16.0 Å². The number of amides is 1. The molecule has 0 fully saturated rings. The molecule has 4 aromatic rings. The topological polar surface area (TPSA) is 118 Å². The number of fused-ring (bicyclic) bond motifs is 1. The van der Waals surface area contributed by atoms with Gasteiger partial charge < -0.3 is 10.4 Å². The fourth-order valence-corrected chi connectivity index (χ4v) is 4.62. The third-order valence-corrected chi connectivity index (χ3v) is 6.65. The Morgan fingerprint density at radius 1 is 1.22 bits per heavy atom. The zero-order valence-corrected chi connectivity index (χ0v) is 18.2. The minimum atomic E-state index is -3.55. The largest absolute Gasteiger partial charge is 0.505 e.